The summed E-state index contributed by atoms with van der Waals surface area (Å²) < 4.78 is 5.50. The number of carbonyl (C=O) groups is 1. The highest BCUT2D eigenvalue weighted by atomic mass is 79.9. The number of hydrogen-bond donors (Lipinski definition) is 1. The van der Waals surface area contributed by atoms with Crippen LogP contribution in [-0.4, -0.2) is 30.1 Å². The Morgan fingerprint density at radius 3 is 3.00 bits per heavy atom. The molecule has 6 heteroatoms. The highest BCUT2D eigenvalue weighted by Gasteiger charge is 2.27. The van der Waals surface area contributed by atoms with Gasteiger partial charge in [0, 0.05) is 23.3 Å². The zero-order chi connectivity index (χ0) is 11.9. The van der Waals surface area contributed by atoms with Crippen LogP contribution in [0.5, 0.6) is 0 Å². The van der Waals surface area contributed by atoms with Crippen molar-refractivity contribution in [2.75, 3.05) is 14.2 Å². The highest BCUT2D eigenvalue weighted by molar-refractivity contribution is 9.15. The van der Waals surface area contributed by atoms with Crippen LogP contribution in [0, 0.1) is 0 Å². The van der Waals surface area contributed by atoms with Crippen LogP contribution in [0.15, 0.2) is 12.3 Å². The minimum Gasteiger partial charge on any atom is -0.465 e. The van der Waals surface area contributed by atoms with Gasteiger partial charge in [0.05, 0.1) is 12.0 Å². The minimum absolute atomic E-state index is 0.380. The molecule has 1 aliphatic rings. The Kier molecular flexibility index (Phi) is 3.05. The summed E-state index contributed by atoms with van der Waals surface area (Å²) in [6.45, 7) is 0. The number of nitrogens with zero attached hydrogens (tertiary/aromatic N) is 1. The first kappa shape index (κ1) is 11.6. The second kappa shape index (κ2) is 4.20. The summed E-state index contributed by atoms with van der Waals surface area (Å²) in [4.78, 5) is 14.3. The van der Waals surface area contributed by atoms with E-state index in [1.54, 1.807) is 24.2 Å². The van der Waals surface area contributed by atoms with Crippen LogP contribution in [0.4, 0.5) is 0 Å². The van der Waals surface area contributed by atoms with E-state index < -0.39 is 6.23 Å². The third kappa shape index (κ3) is 1.77. The van der Waals surface area contributed by atoms with Crippen LogP contribution < -0.4 is 0 Å². The molecule has 0 saturated carbocycles. The minimum atomic E-state index is -0.709. The third-order valence-corrected chi connectivity index (χ3v) is 4.13. The molecule has 1 N–H and O–H groups in total. The predicted octanol–water partition coefficient (Wildman–Crippen LogP) is 2.16. The first-order chi connectivity index (χ1) is 7.54. The molecule has 0 spiro atoms. The van der Waals surface area contributed by atoms with Crippen LogP contribution in [0.25, 0.3) is 4.48 Å². The van der Waals surface area contributed by atoms with E-state index in [1.165, 1.54) is 18.4 Å². The fourth-order valence-corrected chi connectivity index (χ4v) is 3.40. The Bertz CT molecular complexity index is 469. The Hall–Kier alpha value is -0.850. The van der Waals surface area contributed by atoms with Gasteiger partial charge in [0.2, 0.25) is 0 Å². The fraction of sp³-hybridized carbons (Fsp3) is 0.300. The standard InChI is InChI=1S/C10H10BrNO3S/c1-12-4-6(11)5-3-7(10(14)15-2)16-8(5)9(12)13/h3-4,9,13H,1-2H3. The highest BCUT2D eigenvalue weighted by Crippen LogP contribution is 2.40. The molecule has 1 aliphatic heterocycles. The quantitative estimate of drug-likeness (QED) is 0.808. The molecule has 86 valence electrons. The predicted molar refractivity (Wildman–Crippen MR) is 65.3 cm³/mol. The number of esters is 1. The topological polar surface area (TPSA) is 49.8 Å². The van der Waals surface area contributed by atoms with Crippen LogP contribution in [-0.2, 0) is 4.74 Å². The van der Waals surface area contributed by atoms with E-state index in [4.69, 9.17) is 0 Å². The molecule has 0 amide bonds. The molecule has 2 rings (SSSR count). The number of halogens is 1. The molecule has 0 saturated heterocycles. The number of fused-ring (bicyclic) bond motifs is 1. The molecule has 1 unspecified atom stereocenters. The normalized spacial score (nSPS) is 19.1. The lowest BCUT2D eigenvalue weighted by Gasteiger charge is -2.26. The van der Waals surface area contributed by atoms with E-state index in [1.807, 2.05) is 0 Å². The van der Waals surface area contributed by atoms with Crippen molar-refractivity contribution in [3.63, 3.8) is 0 Å². The maximum atomic E-state index is 11.4. The summed E-state index contributed by atoms with van der Waals surface area (Å²) in [6.07, 6.45) is 1.07. The lowest BCUT2D eigenvalue weighted by Crippen LogP contribution is -2.21. The first-order valence-electron chi connectivity index (χ1n) is 4.54. The van der Waals surface area contributed by atoms with E-state index in [2.05, 4.69) is 20.7 Å². The number of carbonyl (C=O) groups excluding carboxylic acids is 1. The zero-order valence-corrected chi connectivity index (χ0v) is 11.1. The molecule has 1 aromatic heterocycles. The zero-order valence-electron chi connectivity index (χ0n) is 8.73. The van der Waals surface area contributed by atoms with Crippen LogP contribution in [0.1, 0.15) is 26.3 Å². The summed E-state index contributed by atoms with van der Waals surface area (Å²) in [5, 5.41) is 9.93. The van der Waals surface area contributed by atoms with Gasteiger partial charge >= 0.3 is 5.97 Å². The molecule has 0 aromatic carbocycles. The second-order valence-electron chi connectivity index (χ2n) is 3.40. The van der Waals surface area contributed by atoms with Crippen LogP contribution in [0.3, 0.4) is 0 Å². The van der Waals surface area contributed by atoms with Crippen molar-refractivity contribution in [2.45, 2.75) is 6.23 Å². The molecule has 0 radical (unpaired) electrons. The lowest BCUT2D eigenvalue weighted by molar-refractivity contribution is 0.0559. The number of rotatable bonds is 1. The molecule has 2 heterocycles. The number of thiophene rings is 1. The van der Waals surface area contributed by atoms with E-state index in [9.17, 15) is 9.90 Å². The smallest absolute Gasteiger partial charge is 0.348 e. The van der Waals surface area contributed by atoms with Crippen molar-refractivity contribution in [3.05, 3.63) is 27.6 Å². The average molecular weight is 304 g/mol. The maximum Gasteiger partial charge on any atom is 0.348 e. The average Bonchev–Trinajstić information content (AvgIpc) is 2.70. The van der Waals surface area contributed by atoms with Crippen molar-refractivity contribution in [3.8, 4) is 0 Å². The Morgan fingerprint density at radius 2 is 2.38 bits per heavy atom. The molecular weight excluding hydrogens is 294 g/mol. The summed E-state index contributed by atoms with van der Waals surface area (Å²) >= 11 is 4.65. The number of aliphatic hydroxyl groups is 1. The van der Waals surface area contributed by atoms with Crippen molar-refractivity contribution in [2.24, 2.45) is 0 Å². The maximum absolute atomic E-state index is 11.4. The molecule has 4 nitrogen and oxygen atoms in total. The van der Waals surface area contributed by atoms with Gasteiger partial charge in [-0.25, -0.2) is 4.79 Å². The van der Waals surface area contributed by atoms with Crippen LogP contribution in [0.2, 0.25) is 0 Å². The number of hydrogen-bond acceptors (Lipinski definition) is 5. The molecule has 16 heavy (non-hydrogen) atoms. The Balaban J connectivity index is 2.48. The van der Waals surface area contributed by atoms with Gasteiger partial charge in [-0.15, -0.1) is 11.3 Å². The van der Waals surface area contributed by atoms with E-state index in [0.717, 1.165) is 14.9 Å². The molecule has 1 atom stereocenters. The number of methoxy groups -OCH3 is 1. The fourth-order valence-electron chi connectivity index (χ4n) is 1.49. The molecule has 0 aliphatic carbocycles. The van der Waals surface area contributed by atoms with Gasteiger partial charge in [-0.05, 0) is 22.0 Å². The van der Waals surface area contributed by atoms with Crippen molar-refractivity contribution in [1.82, 2.24) is 4.90 Å². The Morgan fingerprint density at radius 1 is 1.69 bits per heavy atom. The first-order valence-corrected chi connectivity index (χ1v) is 6.15. The van der Waals surface area contributed by atoms with Gasteiger partial charge in [0.25, 0.3) is 0 Å². The molecule has 0 bridgehead atoms. The van der Waals surface area contributed by atoms with Crippen molar-refractivity contribution >= 4 is 37.7 Å². The van der Waals surface area contributed by atoms with Gasteiger partial charge in [-0.3, -0.25) is 0 Å². The summed E-state index contributed by atoms with van der Waals surface area (Å²) in [5.74, 6) is -0.380. The van der Waals surface area contributed by atoms with Gasteiger partial charge in [-0.1, -0.05) is 0 Å². The van der Waals surface area contributed by atoms with Gasteiger partial charge in [0.15, 0.2) is 6.23 Å². The summed E-state index contributed by atoms with van der Waals surface area (Å²) in [6, 6.07) is 1.72. The van der Waals surface area contributed by atoms with E-state index in [0.29, 0.717) is 4.88 Å². The third-order valence-electron chi connectivity index (χ3n) is 2.34. The van der Waals surface area contributed by atoms with E-state index in [-0.39, 0.29) is 5.97 Å². The monoisotopic (exact) mass is 303 g/mol. The van der Waals surface area contributed by atoms with Crippen molar-refractivity contribution in [1.29, 1.82) is 0 Å². The summed E-state index contributed by atoms with van der Waals surface area (Å²) in [7, 11) is 3.11. The second-order valence-corrected chi connectivity index (χ2v) is 5.33. The molecule has 1 aromatic rings. The van der Waals surface area contributed by atoms with Crippen molar-refractivity contribution < 1.29 is 14.6 Å². The number of aliphatic hydroxyl groups excluding tert-OH is 1. The molecular formula is C10H10BrNO3S. The SMILES string of the molecule is COC(=O)c1cc2c(s1)C(O)N(C)C=C2Br. The Labute approximate surface area is 105 Å². The largest absolute Gasteiger partial charge is 0.465 e. The number of ether oxygens (including phenoxy) is 1. The lowest BCUT2D eigenvalue weighted by atomic mass is 10.1. The van der Waals surface area contributed by atoms with Gasteiger partial charge in [0.1, 0.15) is 4.88 Å². The molecule has 0 fully saturated rings. The summed E-state index contributed by atoms with van der Waals surface area (Å²) in [5.41, 5.74) is 0.844. The van der Waals surface area contributed by atoms with E-state index >= 15 is 0 Å². The van der Waals surface area contributed by atoms with Gasteiger partial charge in [-0.2, -0.15) is 0 Å². The van der Waals surface area contributed by atoms with Gasteiger partial charge < -0.3 is 14.7 Å². The van der Waals surface area contributed by atoms with Crippen LogP contribution >= 0.6 is 27.3 Å².